The molecule has 1 aromatic heterocycles. The zero-order chi connectivity index (χ0) is 13.4. The normalized spacial score (nSPS) is 11.1. The van der Waals surface area contributed by atoms with Gasteiger partial charge >= 0.3 is 0 Å². The Morgan fingerprint density at radius 1 is 1.16 bits per heavy atom. The van der Waals surface area contributed by atoms with Gasteiger partial charge in [-0.3, -0.25) is 0 Å². The van der Waals surface area contributed by atoms with Gasteiger partial charge in [-0.15, -0.1) is 0 Å². The number of para-hydroxylation sites is 1. The first-order valence-corrected chi connectivity index (χ1v) is 7.28. The maximum atomic E-state index is 5.44. The molecule has 96 valence electrons. The van der Waals surface area contributed by atoms with Gasteiger partial charge in [-0.25, -0.2) is 0 Å². The molecule has 0 unspecified atom stereocenters. The van der Waals surface area contributed by atoms with E-state index in [0.717, 1.165) is 21.3 Å². The topological polar surface area (TPSA) is 20.7 Å². The summed E-state index contributed by atoms with van der Waals surface area (Å²) < 4.78 is 4.02. The van der Waals surface area contributed by atoms with Gasteiger partial charge in [0.1, 0.15) is 0 Å². The fourth-order valence-electron chi connectivity index (χ4n) is 2.33. The quantitative estimate of drug-likeness (QED) is 0.667. The number of nitrogens with zero attached hydrogens (tertiary/aromatic N) is 1. The minimum Gasteiger partial charge on any atom is -0.331 e. The van der Waals surface area contributed by atoms with Gasteiger partial charge in [0, 0.05) is 4.47 Å². The van der Waals surface area contributed by atoms with E-state index >= 15 is 0 Å². The van der Waals surface area contributed by atoms with E-state index in [-0.39, 0.29) is 0 Å². The van der Waals surface area contributed by atoms with Crippen LogP contribution in [0.15, 0.2) is 46.9 Å². The monoisotopic (exact) mass is 332 g/mol. The van der Waals surface area contributed by atoms with Crippen molar-refractivity contribution < 1.29 is 0 Å². The summed E-state index contributed by atoms with van der Waals surface area (Å²) in [5.74, 6) is 0. The maximum Gasteiger partial charge on any atom is 0.178 e. The van der Waals surface area contributed by atoms with Gasteiger partial charge in [0.15, 0.2) is 4.77 Å². The van der Waals surface area contributed by atoms with E-state index in [1.54, 1.807) is 0 Å². The number of imidazole rings is 1. The van der Waals surface area contributed by atoms with Crippen LogP contribution >= 0.6 is 28.1 Å². The van der Waals surface area contributed by atoms with Crippen molar-refractivity contribution in [1.82, 2.24) is 9.55 Å². The van der Waals surface area contributed by atoms with Gasteiger partial charge in [0.05, 0.1) is 17.6 Å². The predicted octanol–water partition coefficient (Wildman–Crippen LogP) is 4.82. The highest BCUT2D eigenvalue weighted by Crippen LogP contribution is 2.20. The van der Waals surface area contributed by atoms with Crippen molar-refractivity contribution in [2.45, 2.75) is 13.5 Å². The molecule has 2 nitrogen and oxygen atoms in total. The smallest absolute Gasteiger partial charge is 0.178 e. The van der Waals surface area contributed by atoms with Crippen LogP contribution in [0.3, 0.4) is 0 Å². The summed E-state index contributed by atoms with van der Waals surface area (Å²) in [5.41, 5.74) is 4.77. The molecule has 0 amide bonds. The molecule has 3 rings (SSSR count). The van der Waals surface area contributed by atoms with Crippen molar-refractivity contribution in [2.24, 2.45) is 0 Å². The van der Waals surface area contributed by atoms with Crippen LogP contribution in [0.4, 0.5) is 0 Å². The number of rotatable bonds is 2. The Morgan fingerprint density at radius 2 is 1.89 bits per heavy atom. The highest BCUT2D eigenvalue weighted by Gasteiger charge is 2.07. The molecule has 0 bridgehead atoms. The number of aromatic amines is 1. The SMILES string of the molecule is Cc1cccc2[nH]c(=S)n(Cc3ccc(Br)cc3)c12. The maximum absolute atomic E-state index is 5.44. The van der Waals surface area contributed by atoms with E-state index in [0.29, 0.717) is 0 Å². The highest BCUT2D eigenvalue weighted by atomic mass is 79.9. The number of halogens is 1. The average Bonchev–Trinajstić information content (AvgIpc) is 2.70. The molecule has 0 atom stereocenters. The lowest BCUT2D eigenvalue weighted by atomic mass is 10.2. The third-order valence-electron chi connectivity index (χ3n) is 3.25. The van der Waals surface area contributed by atoms with E-state index < -0.39 is 0 Å². The summed E-state index contributed by atoms with van der Waals surface area (Å²) in [5, 5.41) is 0. The Hall–Kier alpha value is -1.39. The van der Waals surface area contributed by atoms with Gasteiger partial charge in [-0.1, -0.05) is 40.2 Å². The summed E-state index contributed by atoms with van der Waals surface area (Å²) in [6, 6.07) is 14.6. The Labute approximate surface area is 125 Å². The predicted molar refractivity (Wildman–Crippen MR) is 85.1 cm³/mol. The minimum atomic E-state index is 0.771. The molecule has 0 spiro atoms. The molecule has 0 aliphatic rings. The molecule has 0 saturated heterocycles. The standard InChI is InChI=1S/C15H13BrN2S/c1-10-3-2-4-13-14(10)18(15(19)17-13)9-11-5-7-12(16)8-6-11/h2-8H,9H2,1H3,(H,17,19). The lowest BCUT2D eigenvalue weighted by Gasteiger charge is -2.07. The Kier molecular flexibility index (Phi) is 3.29. The first kappa shape index (κ1) is 12.6. The zero-order valence-corrected chi connectivity index (χ0v) is 12.9. The molecule has 3 aromatic rings. The van der Waals surface area contributed by atoms with Crippen LogP contribution in [-0.4, -0.2) is 9.55 Å². The summed E-state index contributed by atoms with van der Waals surface area (Å²) in [7, 11) is 0. The van der Waals surface area contributed by atoms with Crippen LogP contribution in [-0.2, 0) is 6.54 Å². The fourth-order valence-corrected chi connectivity index (χ4v) is 2.86. The van der Waals surface area contributed by atoms with E-state index in [2.05, 4.69) is 68.8 Å². The second-order valence-electron chi connectivity index (χ2n) is 4.61. The van der Waals surface area contributed by atoms with Gasteiger partial charge in [-0.05, 0) is 48.5 Å². The molecule has 1 N–H and O–H groups in total. The number of aryl methyl sites for hydroxylation is 1. The summed E-state index contributed by atoms with van der Waals surface area (Å²) in [4.78, 5) is 3.27. The van der Waals surface area contributed by atoms with Crippen molar-refractivity contribution in [3.8, 4) is 0 Å². The molecule has 19 heavy (non-hydrogen) atoms. The van der Waals surface area contributed by atoms with Crippen molar-refractivity contribution in [1.29, 1.82) is 0 Å². The van der Waals surface area contributed by atoms with Gasteiger partial charge in [0.25, 0.3) is 0 Å². The van der Waals surface area contributed by atoms with Crippen molar-refractivity contribution >= 4 is 39.2 Å². The van der Waals surface area contributed by atoms with E-state index in [1.807, 2.05) is 6.07 Å². The molecule has 0 radical (unpaired) electrons. The Balaban J connectivity index is 2.12. The lowest BCUT2D eigenvalue weighted by molar-refractivity contribution is 0.808. The van der Waals surface area contributed by atoms with E-state index in [9.17, 15) is 0 Å². The highest BCUT2D eigenvalue weighted by molar-refractivity contribution is 9.10. The summed E-state index contributed by atoms with van der Waals surface area (Å²) in [6.07, 6.45) is 0. The van der Waals surface area contributed by atoms with Gasteiger partial charge < -0.3 is 9.55 Å². The first-order chi connectivity index (χ1) is 9.15. The summed E-state index contributed by atoms with van der Waals surface area (Å²) in [6.45, 7) is 2.90. The van der Waals surface area contributed by atoms with Crippen LogP contribution in [0.1, 0.15) is 11.1 Å². The van der Waals surface area contributed by atoms with E-state index in [4.69, 9.17) is 12.2 Å². The second kappa shape index (κ2) is 4.94. The first-order valence-electron chi connectivity index (χ1n) is 6.08. The molecular weight excluding hydrogens is 320 g/mol. The molecule has 0 aliphatic carbocycles. The molecular formula is C15H13BrN2S. The molecule has 2 aromatic carbocycles. The fraction of sp³-hybridized carbons (Fsp3) is 0.133. The number of hydrogen-bond acceptors (Lipinski definition) is 1. The van der Waals surface area contributed by atoms with Crippen molar-refractivity contribution in [3.63, 3.8) is 0 Å². The number of nitrogens with one attached hydrogen (secondary N) is 1. The average molecular weight is 333 g/mol. The Morgan fingerprint density at radius 3 is 2.63 bits per heavy atom. The van der Waals surface area contributed by atoms with Crippen LogP contribution in [0.25, 0.3) is 11.0 Å². The molecule has 0 fully saturated rings. The zero-order valence-electron chi connectivity index (χ0n) is 10.5. The third-order valence-corrected chi connectivity index (χ3v) is 4.10. The minimum absolute atomic E-state index is 0.771. The van der Waals surface area contributed by atoms with Crippen LogP contribution in [0, 0.1) is 11.7 Å². The van der Waals surface area contributed by atoms with Gasteiger partial charge in [-0.2, -0.15) is 0 Å². The third kappa shape index (κ3) is 2.38. The van der Waals surface area contributed by atoms with Crippen LogP contribution in [0.5, 0.6) is 0 Å². The van der Waals surface area contributed by atoms with Crippen molar-refractivity contribution in [3.05, 3.63) is 62.8 Å². The van der Waals surface area contributed by atoms with Crippen molar-refractivity contribution in [2.75, 3.05) is 0 Å². The second-order valence-corrected chi connectivity index (χ2v) is 5.92. The summed E-state index contributed by atoms with van der Waals surface area (Å²) >= 11 is 8.89. The molecule has 1 heterocycles. The van der Waals surface area contributed by atoms with E-state index in [1.165, 1.54) is 16.6 Å². The van der Waals surface area contributed by atoms with Crippen LogP contribution < -0.4 is 0 Å². The number of H-pyrrole nitrogens is 1. The number of hydrogen-bond donors (Lipinski definition) is 1. The lowest BCUT2D eigenvalue weighted by Crippen LogP contribution is -2.00. The Bertz CT molecular complexity index is 784. The number of aromatic nitrogens is 2. The van der Waals surface area contributed by atoms with Gasteiger partial charge in [0.2, 0.25) is 0 Å². The molecule has 0 saturated carbocycles. The number of fused-ring (bicyclic) bond motifs is 1. The largest absolute Gasteiger partial charge is 0.331 e. The number of benzene rings is 2. The molecule has 4 heteroatoms. The van der Waals surface area contributed by atoms with Crippen LogP contribution in [0.2, 0.25) is 0 Å². The molecule has 0 aliphatic heterocycles.